The summed E-state index contributed by atoms with van der Waals surface area (Å²) < 4.78 is 0. The summed E-state index contributed by atoms with van der Waals surface area (Å²) in [6.07, 6.45) is 0.759. The molecule has 62 valence electrons. The van der Waals surface area contributed by atoms with Crippen molar-refractivity contribution in [1.82, 2.24) is 0 Å². The highest BCUT2D eigenvalue weighted by Gasteiger charge is 2.29. The molecule has 1 aliphatic rings. The molecule has 0 radical (unpaired) electrons. The van der Waals surface area contributed by atoms with Crippen LogP contribution in [-0.2, 0) is 6.42 Å². The lowest BCUT2D eigenvalue weighted by molar-refractivity contribution is 0.100. The summed E-state index contributed by atoms with van der Waals surface area (Å²) in [4.78, 5) is 11.4. The van der Waals surface area contributed by atoms with Gasteiger partial charge in [-0.05, 0) is 18.1 Å². The summed E-state index contributed by atoms with van der Waals surface area (Å²) in [5.74, 6) is 0.107. The number of hydrogen-bond acceptors (Lipinski definition) is 1. The van der Waals surface area contributed by atoms with Crippen LogP contribution in [0.25, 0.3) is 0 Å². The molecule has 0 N–H and O–H groups in total. The van der Waals surface area contributed by atoms with Gasteiger partial charge < -0.3 is 0 Å². The van der Waals surface area contributed by atoms with Gasteiger partial charge in [0.1, 0.15) is 0 Å². The maximum Gasteiger partial charge on any atom is 0.178 e. The minimum Gasteiger partial charge on any atom is -0.293 e. The van der Waals surface area contributed by atoms with Crippen LogP contribution in [0.5, 0.6) is 0 Å². The molecular weight excluding hydrogens is 239 g/mol. The summed E-state index contributed by atoms with van der Waals surface area (Å²) in [5.41, 5.74) is 1.75. The molecule has 0 fully saturated rings. The minimum absolute atomic E-state index is 0.0765. The normalized spacial score (nSPS) is 21.2. The van der Waals surface area contributed by atoms with Crippen LogP contribution in [0.2, 0.25) is 5.02 Å². The molecule has 0 aromatic heterocycles. The fourth-order valence-corrected chi connectivity index (χ4v) is 2.32. The molecule has 1 unspecified atom stereocenters. The van der Waals surface area contributed by atoms with E-state index in [2.05, 4.69) is 15.9 Å². The second-order valence-electron chi connectivity index (χ2n) is 2.81. The smallest absolute Gasteiger partial charge is 0.178 e. The van der Waals surface area contributed by atoms with E-state index in [4.69, 9.17) is 11.6 Å². The molecule has 0 amide bonds. The number of hydrogen-bond donors (Lipinski definition) is 0. The van der Waals surface area contributed by atoms with Crippen LogP contribution in [-0.4, -0.2) is 10.6 Å². The number of carbonyl (C=O) groups excluding carboxylic acids is 1. The molecule has 0 spiro atoms. The van der Waals surface area contributed by atoms with E-state index < -0.39 is 0 Å². The zero-order valence-corrected chi connectivity index (χ0v) is 8.52. The third-order valence-corrected chi connectivity index (χ3v) is 3.08. The average molecular weight is 246 g/mol. The van der Waals surface area contributed by atoms with E-state index in [1.807, 2.05) is 12.1 Å². The Kier molecular flexibility index (Phi) is 1.97. The van der Waals surface area contributed by atoms with Gasteiger partial charge in [0.2, 0.25) is 0 Å². The number of fused-ring (bicyclic) bond motifs is 1. The van der Waals surface area contributed by atoms with E-state index >= 15 is 0 Å². The van der Waals surface area contributed by atoms with E-state index in [9.17, 15) is 4.79 Å². The van der Waals surface area contributed by atoms with Crippen molar-refractivity contribution in [2.45, 2.75) is 11.2 Å². The molecule has 12 heavy (non-hydrogen) atoms. The van der Waals surface area contributed by atoms with Crippen molar-refractivity contribution in [3.63, 3.8) is 0 Å². The molecule has 0 saturated carbocycles. The summed E-state index contributed by atoms with van der Waals surface area (Å²) in [5, 5.41) is 0.569. The molecule has 0 saturated heterocycles. The number of benzene rings is 1. The highest BCUT2D eigenvalue weighted by molar-refractivity contribution is 9.10. The Morgan fingerprint density at radius 1 is 1.50 bits per heavy atom. The largest absolute Gasteiger partial charge is 0.293 e. The molecule has 1 aliphatic carbocycles. The van der Waals surface area contributed by atoms with E-state index in [0.29, 0.717) is 10.6 Å². The molecule has 0 heterocycles. The second-order valence-corrected chi connectivity index (χ2v) is 4.32. The third-order valence-electron chi connectivity index (χ3n) is 2.03. The standard InChI is InChI=1S/C9H6BrClO/c10-6-4-5-2-1-3-7(11)8(5)9(6)12/h1-3,6H,4H2. The first kappa shape index (κ1) is 8.27. The first-order valence-electron chi connectivity index (χ1n) is 3.66. The number of ketones is 1. The quantitative estimate of drug-likeness (QED) is 0.643. The zero-order valence-electron chi connectivity index (χ0n) is 6.18. The maximum absolute atomic E-state index is 11.5. The van der Waals surface area contributed by atoms with E-state index in [-0.39, 0.29) is 10.6 Å². The second kappa shape index (κ2) is 2.86. The van der Waals surface area contributed by atoms with Crippen molar-refractivity contribution in [1.29, 1.82) is 0 Å². The fraction of sp³-hybridized carbons (Fsp3) is 0.222. The Hall–Kier alpha value is -0.340. The zero-order chi connectivity index (χ0) is 8.72. The van der Waals surface area contributed by atoms with Crippen molar-refractivity contribution in [3.8, 4) is 0 Å². The lowest BCUT2D eigenvalue weighted by Gasteiger charge is -1.97. The number of rotatable bonds is 0. The van der Waals surface area contributed by atoms with Gasteiger partial charge in [-0.3, -0.25) is 4.79 Å². The van der Waals surface area contributed by atoms with Gasteiger partial charge in [-0.15, -0.1) is 0 Å². The van der Waals surface area contributed by atoms with Crippen molar-refractivity contribution in [2.75, 3.05) is 0 Å². The molecule has 1 atom stereocenters. The van der Waals surface area contributed by atoms with Crippen LogP contribution < -0.4 is 0 Å². The first-order valence-corrected chi connectivity index (χ1v) is 4.95. The van der Waals surface area contributed by atoms with Gasteiger partial charge in [0.05, 0.1) is 9.85 Å². The Labute approximate surface area is 83.9 Å². The fourth-order valence-electron chi connectivity index (χ4n) is 1.46. The van der Waals surface area contributed by atoms with Gasteiger partial charge in [-0.2, -0.15) is 0 Å². The van der Waals surface area contributed by atoms with Gasteiger partial charge in [0.25, 0.3) is 0 Å². The monoisotopic (exact) mass is 244 g/mol. The van der Waals surface area contributed by atoms with Crippen molar-refractivity contribution < 1.29 is 4.79 Å². The molecule has 0 aliphatic heterocycles. The number of halogens is 2. The van der Waals surface area contributed by atoms with Crippen LogP contribution in [0.15, 0.2) is 18.2 Å². The molecule has 0 bridgehead atoms. The van der Waals surface area contributed by atoms with Crippen molar-refractivity contribution in [3.05, 3.63) is 34.3 Å². The van der Waals surface area contributed by atoms with E-state index in [1.54, 1.807) is 6.07 Å². The Bertz CT molecular complexity index is 348. The van der Waals surface area contributed by atoms with E-state index in [0.717, 1.165) is 12.0 Å². The average Bonchev–Trinajstić information content (AvgIpc) is 2.29. The number of Topliss-reactive ketones (excluding diaryl/α,β-unsaturated/α-hetero) is 1. The Morgan fingerprint density at radius 3 is 2.92 bits per heavy atom. The van der Waals surface area contributed by atoms with Crippen LogP contribution in [0.4, 0.5) is 0 Å². The van der Waals surface area contributed by atoms with Gasteiger partial charge in [0.15, 0.2) is 5.78 Å². The van der Waals surface area contributed by atoms with E-state index in [1.165, 1.54) is 0 Å². The van der Waals surface area contributed by atoms with Gasteiger partial charge >= 0.3 is 0 Å². The van der Waals surface area contributed by atoms with Crippen molar-refractivity contribution in [2.24, 2.45) is 0 Å². The molecule has 1 aromatic rings. The Balaban J connectivity index is 2.62. The summed E-state index contributed by atoms with van der Waals surface area (Å²) >= 11 is 9.20. The minimum atomic E-state index is -0.0765. The number of alkyl halides is 1. The highest BCUT2D eigenvalue weighted by atomic mass is 79.9. The predicted octanol–water partition coefficient (Wildman–Crippen LogP) is 2.84. The lowest BCUT2D eigenvalue weighted by atomic mass is 10.1. The predicted molar refractivity (Wildman–Crippen MR) is 52.2 cm³/mol. The van der Waals surface area contributed by atoms with Gasteiger partial charge in [-0.25, -0.2) is 0 Å². The topological polar surface area (TPSA) is 17.1 Å². The number of carbonyl (C=O) groups is 1. The SMILES string of the molecule is O=C1c2c(Cl)cccc2CC1Br. The van der Waals surface area contributed by atoms with Crippen LogP contribution in [0.1, 0.15) is 15.9 Å². The molecular formula is C9H6BrClO. The molecule has 3 heteroatoms. The Morgan fingerprint density at radius 2 is 2.25 bits per heavy atom. The maximum atomic E-state index is 11.5. The summed E-state index contributed by atoms with van der Waals surface area (Å²) in [6, 6.07) is 5.57. The first-order chi connectivity index (χ1) is 5.70. The summed E-state index contributed by atoms with van der Waals surface area (Å²) in [7, 11) is 0. The molecule has 1 aromatic carbocycles. The lowest BCUT2D eigenvalue weighted by Crippen LogP contribution is -2.06. The molecule has 1 nitrogen and oxygen atoms in total. The van der Waals surface area contributed by atoms with Gasteiger partial charge in [0, 0.05) is 5.56 Å². The third kappa shape index (κ3) is 1.10. The molecule has 2 rings (SSSR count). The van der Waals surface area contributed by atoms with Crippen LogP contribution in [0, 0.1) is 0 Å². The van der Waals surface area contributed by atoms with Crippen LogP contribution >= 0.6 is 27.5 Å². The summed E-state index contributed by atoms with van der Waals surface area (Å²) in [6.45, 7) is 0. The highest BCUT2D eigenvalue weighted by Crippen LogP contribution is 2.31. The van der Waals surface area contributed by atoms with Crippen LogP contribution in [0.3, 0.4) is 0 Å². The van der Waals surface area contributed by atoms with Crippen molar-refractivity contribution >= 4 is 33.3 Å². The van der Waals surface area contributed by atoms with Gasteiger partial charge in [-0.1, -0.05) is 39.7 Å².